The molecule has 2 heterocycles. The van der Waals surface area contributed by atoms with E-state index < -0.39 is 0 Å². The number of carbonyl (C=O) groups is 1. The lowest BCUT2D eigenvalue weighted by Crippen LogP contribution is -2.30. The number of aryl methyl sites for hydroxylation is 1. The van der Waals surface area contributed by atoms with Crippen LogP contribution in [0.2, 0.25) is 0 Å². The summed E-state index contributed by atoms with van der Waals surface area (Å²) in [5, 5.41) is 7.87. The Hall–Kier alpha value is -2.38. The van der Waals surface area contributed by atoms with Crippen LogP contribution >= 0.6 is 23.5 Å². The monoisotopic (exact) mass is 425 g/mol. The van der Waals surface area contributed by atoms with E-state index in [9.17, 15) is 4.79 Å². The number of hydrogen-bond donors (Lipinski definition) is 1. The number of benzene rings is 2. The van der Waals surface area contributed by atoms with Crippen LogP contribution in [0.4, 0.5) is 5.82 Å². The van der Waals surface area contributed by atoms with E-state index in [0.29, 0.717) is 5.82 Å². The summed E-state index contributed by atoms with van der Waals surface area (Å²) >= 11 is 3.55. The van der Waals surface area contributed by atoms with Gasteiger partial charge in [-0.05, 0) is 31.2 Å². The number of thioether (sulfide) groups is 2. The van der Waals surface area contributed by atoms with Gasteiger partial charge in [-0.3, -0.25) is 4.79 Å². The SMILES string of the molecule is COc1ccccc1-c1cc(NC(=O)C2CSCCS2)n(-c2ccc(C)cc2)n1. The summed E-state index contributed by atoms with van der Waals surface area (Å²) in [6.45, 7) is 2.05. The maximum Gasteiger partial charge on any atom is 0.239 e. The molecule has 0 bridgehead atoms. The smallest absolute Gasteiger partial charge is 0.239 e. The van der Waals surface area contributed by atoms with Crippen molar-refractivity contribution in [3.63, 3.8) is 0 Å². The molecule has 0 aliphatic carbocycles. The number of aromatic nitrogens is 2. The lowest BCUT2D eigenvalue weighted by atomic mass is 10.1. The Morgan fingerprint density at radius 3 is 2.69 bits per heavy atom. The number of nitrogens with zero attached hydrogens (tertiary/aromatic N) is 2. The number of ether oxygens (including phenoxy) is 1. The van der Waals surface area contributed by atoms with Crippen molar-refractivity contribution in [3.05, 3.63) is 60.2 Å². The zero-order chi connectivity index (χ0) is 20.2. The molecule has 0 saturated carbocycles. The average molecular weight is 426 g/mol. The second-order valence-electron chi connectivity index (χ2n) is 6.79. The Morgan fingerprint density at radius 2 is 1.97 bits per heavy atom. The molecular formula is C22H23N3O2S2. The van der Waals surface area contributed by atoms with Gasteiger partial charge in [-0.1, -0.05) is 29.8 Å². The fraction of sp³-hybridized carbons (Fsp3) is 0.273. The number of rotatable bonds is 5. The van der Waals surface area contributed by atoms with E-state index >= 15 is 0 Å². The molecule has 3 aromatic rings. The standard InChI is InChI=1S/C22H23N3O2S2/c1-15-7-9-16(10-8-15)25-21(23-22(26)20-14-28-11-12-29-20)13-18(24-25)17-5-3-4-6-19(17)27-2/h3-10,13,20H,11-12,14H2,1-2H3,(H,23,26). The molecule has 2 aromatic carbocycles. The Morgan fingerprint density at radius 1 is 1.17 bits per heavy atom. The van der Waals surface area contributed by atoms with Crippen LogP contribution in [0.1, 0.15) is 5.56 Å². The summed E-state index contributed by atoms with van der Waals surface area (Å²) in [6.07, 6.45) is 0. The summed E-state index contributed by atoms with van der Waals surface area (Å²) in [5.41, 5.74) is 3.72. The van der Waals surface area contributed by atoms with E-state index in [1.165, 1.54) is 5.56 Å². The van der Waals surface area contributed by atoms with E-state index in [2.05, 4.69) is 5.32 Å². The molecule has 29 heavy (non-hydrogen) atoms. The van der Waals surface area contributed by atoms with Crippen molar-refractivity contribution in [3.8, 4) is 22.7 Å². The Kier molecular flexibility index (Phi) is 6.16. The molecule has 1 amide bonds. The largest absolute Gasteiger partial charge is 0.496 e. The fourth-order valence-corrected chi connectivity index (χ4v) is 5.74. The molecule has 1 fully saturated rings. The lowest BCUT2D eigenvalue weighted by molar-refractivity contribution is -0.115. The predicted molar refractivity (Wildman–Crippen MR) is 122 cm³/mol. The quantitative estimate of drug-likeness (QED) is 0.645. The molecule has 150 valence electrons. The maximum atomic E-state index is 12.9. The summed E-state index contributed by atoms with van der Waals surface area (Å²) in [5.74, 6) is 4.39. The number of carbonyl (C=O) groups excluding carboxylic acids is 1. The van der Waals surface area contributed by atoms with Crippen molar-refractivity contribution in [1.29, 1.82) is 0 Å². The highest BCUT2D eigenvalue weighted by molar-refractivity contribution is 8.07. The summed E-state index contributed by atoms with van der Waals surface area (Å²) in [6, 6.07) is 17.8. The van der Waals surface area contributed by atoms with Crippen LogP contribution in [-0.4, -0.2) is 45.3 Å². The fourth-order valence-electron chi connectivity index (χ4n) is 3.19. The van der Waals surface area contributed by atoms with Gasteiger partial charge >= 0.3 is 0 Å². The first-order valence-electron chi connectivity index (χ1n) is 9.46. The second-order valence-corrected chi connectivity index (χ2v) is 9.25. The number of anilines is 1. The van der Waals surface area contributed by atoms with Crippen LogP contribution in [-0.2, 0) is 4.79 Å². The molecule has 0 radical (unpaired) electrons. The molecule has 1 atom stereocenters. The van der Waals surface area contributed by atoms with Gasteiger partial charge in [-0.15, -0.1) is 11.8 Å². The molecule has 1 unspecified atom stereocenters. The van der Waals surface area contributed by atoms with Gasteiger partial charge in [-0.2, -0.15) is 16.9 Å². The molecule has 1 aliphatic heterocycles. The van der Waals surface area contributed by atoms with Crippen molar-refractivity contribution in [2.75, 3.05) is 29.7 Å². The molecule has 0 spiro atoms. The minimum absolute atomic E-state index is 0.0297. The van der Waals surface area contributed by atoms with E-state index in [1.807, 2.05) is 73.3 Å². The van der Waals surface area contributed by atoms with Gasteiger partial charge in [0, 0.05) is 28.9 Å². The number of hydrogen-bond acceptors (Lipinski definition) is 5. The number of nitrogens with one attached hydrogen (secondary N) is 1. The molecule has 7 heteroatoms. The Balaban J connectivity index is 1.72. The second kappa shape index (κ2) is 8.97. The van der Waals surface area contributed by atoms with Crippen LogP contribution < -0.4 is 10.1 Å². The highest BCUT2D eigenvalue weighted by atomic mass is 32.2. The summed E-state index contributed by atoms with van der Waals surface area (Å²) in [4.78, 5) is 12.9. The molecule has 4 rings (SSSR count). The topological polar surface area (TPSA) is 56.1 Å². The number of amides is 1. The minimum Gasteiger partial charge on any atom is -0.496 e. The van der Waals surface area contributed by atoms with E-state index in [0.717, 1.165) is 40.0 Å². The first kappa shape index (κ1) is 19.9. The van der Waals surface area contributed by atoms with Gasteiger partial charge in [0.2, 0.25) is 5.91 Å². The molecular weight excluding hydrogens is 402 g/mol. The normalized spacial score (nSPS) is 16.4. The number of methoxy groups -OCH3 is 1. The van der Waals surface area contributed by atoms with E-state index in [-0.39, 0.29) is 11.2 Å². The molecule has 1 saturated heterocycles. The van der Waals surface area contributed by atoms with Crippen LogP contribution in [0.5, 0.6) is 5.75 Å². The molecule has 1 N–H and O–H groups in total. The summed E-state index contributed by atoms with van der Waals surface area (Å²) in [7, 11) is 1.65. The third-order valence-electron chi connectivity index (χ3n) is 4.73. The highest BCUT2D eigenvalue weighted by Gasteiger charge is 2.24. The van der Waals surface area contributed by atoms with Crippen molar-refractivity contribution < 1.29 is 9.53 Å². The van der Waals surface area contributed by atoms with Crippen LogP contribution in [0, 0.1) is 6.92 Å². The van der Waals surface area contributed by atoms with Crippen LogP contribution in [0.3, 0.4) is 0 Å². The van der Waals surface area contributed by atoms with Crippen molar-refractivity contribution in [2.24, 2.45) is 0 Å². The average Bonchev–Trinajstić information content (AvgIpc) is 3.18. The van der Waals surface area contributed by atoms with Crippen LogP contribution in [0.25, 0.3) is 16.9 Å². The van der Waals surface area contributed by atoms with Crippen molar-refractivity contribution in [1.82, 2.24) is 9.78 Å². The Labute approximate surface area is 179 Å². The highest BCUT2D eigenvalue weighted by Crippen LogP contribution is 2.32. The van der Waals surface area contributed by atoms with Crippen molar-refractivity contribution in [2.45, 2.75) is 12.2 Å². The van der Waals surface area contributed by atoms with Crippen molar-refractivity contribution >= 4 is 35.2 Å². The zero-order valence-corrected chi connectivity index (χ0v) is 18.1. The van der Waals surface area contributed by atoms with Gasteiger partial charge in [0.05, 0.1) is 23.7 Å². The first-order chi connectivity index (χ1) is 14.2. The third-order valence-corrected chi connectivity index (χ3v) is 7.48. The van der Waals surface area contributed by atoms with Gasteiger partial charge < -0.3 is 10.1 Å². The third kappa shape index (κ3) is 4.46. The molecule has 1 aliphatic rings. The van der Waals surface area contributed by atoms with E-state index in [1.54, 1.807) is 23.6 Å². The van der Waals surface area contributed by atoms with Gasteiger partial charge in [0.25, 0.3) is 0 Å². The first-order valence-corrected chi connectivity index (χ1v) is 11.7. The maximum absolute atomic E-state index is 12.9. The molecule has 5 nitrogen and oxygen atoms in total. The van der Waals surface area contributed by atoms with Gasteiger partial charge in [-0.25, -0.2) is 4.68 Å². The number of para-hydroxylation sites is 1. The summed E-state index contributed by atoms with van der Waals surface area (Å²) < 4.78 is 7.30. The minimum atomic E-state index is -0.0372. The zero-order valence-electron chi connectivity index (χ0n) is 16.4. The van der Waals surface area contributed by atoms with E-state index in [4.69, 9.17) is 9.84 Å². The Bertz CT molecular complexity index is 996. The van der Waals surface area contributed by atoms with Crippen LogP contribution in [0.15, 0.2) is 54.6 Å². The van der Waals surface area contributed by atoms with Gasteiger partial charge in [0.15, 0.2) is 0 Å². The lowest BCUT2D eigenvalue weighted by Gasteiger charge is -2.20. The predicted octanol–water partition coefficient (Wildman–Crippen LogP) is 4.64. The molecule has 1 aromatic heterocycles. The van der Waals surface area contributed by atoms with Gasteiger partial charge in [0.1, 0.15) is 11.6 Å².